The maximum absolute atomic E-state index is 12.1. The number of rotatable bonds is 5. The molecule has 0 aliphatic rings. The van der Waals surface area contributed by atoms with Gasteiger partial charge >= 0.3 is 0 Å². The maximum atomic E-state index is 12.1. The van der Waals surface area contributed by atoms with E-state index in [0.717, 1.165) is 10.0 Å². The normalized spacial score (nSPS) is 10.7. The number of carbonyl (C=O) groups excluding carboxylic acids is 1. The van der Waals surface area contributed by atoms with Gasteiger partial charge in [-0.05, 0) is 42.0 Å². The van der Waals surface area contributed by atoms with Crippen LogP contribution in [0.4, 0.5) is 0 Å². The minimum Gasteiger partial charge on any atom is -0.493 e. The van der Waals surface area contributed by atoms with E-state index in [2.05, 4.69) is 15.9 Å². The molecule has 0 bridgehead atoms. The van der Waals surface area contributed by atoms with Gasteiger partial charge in [0.25, 0.3) is 0 Å². The lowest BCUT2D eigenvalue weighted by molar-refractivity contribution is 0.104. The Labute approximate surface area is 142 Å². The predicted molar refractivity (Wildman–Crippen MR) is 92.1 cm³/mol. The summed E-state index contributed by atoms with van der Waals surface area (Å²) >= 11 is 9.34. The largest absolute Gasteiger partial charge is 0.493 e. The Hall–Kier alpha value is -1.78. The van der Waals surface area contributed by atoms with E-state index in [1.54, 1.807) is 56.7 Å². The number of hydrogen-bond acceptors (Lipinski definition) is 3. The number of carbonyl (C=O) groups is 1. The summed E-state index contributed by atoms with van der Waals surface area (Å²) in [4.78, 5) is 12.1. The van der Waals surface area contributed by atoms with E-state index < -0.39 is 0 Å². The molecule has 0 fully saturated rings. The number of methoxy groups -OCH3 is 2. The first-order chi connectivity index (χ1) is 10.5. The number of allylic oxidation sites excluding steroid dienone is 1. The van der Waals surface area contributed by atoms with Gasteiger partial charge in [-0.1, -0.05) is 39.7 Å². The summed E-state index contributed by atoms with van der Waals surface area (Å²) in [7, 11) is 3.14. The molecule has 2 rings (SSSR count). The fraction of sp³-hybridized carbons (Fsp3) is 0.118. The summed E-state index contributed by atoms with van der Waals surface area (Å²) in [5.41, 5.74) is 1.35. The zero-order valence-electron chi connectivity index (χ0n) is 12.1. The Bertz CT molecular complexity index is 726. The standard InChI is InChI=1S/C17H14BrClO3/c1-21-16-9-11(14(18)10-17(16)22-2)6-7-15(20)12-4-3-5-13(19)8-12/h3-10H,1-2H3/b7-6+. The van der Waals surface area contributed by atoms with E-state index >= 15 is 0 Å². The van der Waals surface area contributed by atoms with Crippen molar-refractivity contribution in [1.82, 2.24) is 0 Å². The average Bonchev–Trinajstić information content (AvgIpc) is 2.53. The van der Waals surface area contributed by atoms with E-state index in [1.807, 2.05) is 0 Å². The van der Waals surface area contributed by atoms with Crippen LogP contribution in [0.2, 0.25) is 5.02 Å². The monoisotopic (exact) mass is 380 g/mol. The van der Waals surface area contributed by atoms with Crippen LogP contribution in [0.15, 0.2) is 46.9 Å². The van der Waals surface area contributed by atoms with E-state index in [0.29, 0.717) is 22.1 Å². The van der Waals surface area contributed by atoms with Crippen LogP contribution in [-0.2, 0) is 0 Å². The Morgan fingerprint density at radius 2 is 1.82 bits per heavy atom. The highest BCUT2D eigenvalue weighted by molar-refractivity contribution is 9.10. The van der Waals surface area contributed by atoms with Gasteiger partial charge in [-0.2, -0.15) is 0 Å². The molecule has 0 unspecified atom stereocenters. The van der Waals surface area contributed by atoms with Gasteiger partial charge in [0.15, 0.2) is 17.3 Å². The van der Waals surface area contributed by atoms with Crippen molar-refractivity contribution < 1.29 is 14.3 Å². The minimum absolute atomic E-state index is 0.121. The molecule has 0 aliphatic heterocycles. The minimum atomic E-state index is -0.121. The summed E-state index contributed by atoms with van der Waals surface area (Å²) in [6, 6.07) is 10.4. The molecular formula is C17H14BrClO3. The highest BCUT2D eigenvalue weighted by atomic mass is 79.9. The molecule has 2 aromatic rings. The summed E-state index contributed by atoms with van der Waals surface area (Å²) in [6.07, 6.45) is 3.22. The Morgan fingerprint density at radius 3 is 2.45 bits per heavy atom. The highest BCUT2D eigenvalue weighted by Gasteiger charge is 2.08. The molecule has 0 aromatic heterocycles. The maximum Gasteiger partial charge on any atom is 0.185 e. The van der Waals surface area contributed by atoms with Crippen molar-refractivity contribution in [2.24, 2.45) is 0 Å². The number of benzene rings is 2. The summed E-state index contributed by atoms with van der Waals surface area (Å²) < 4.78 is 11.3. The zero-order valence-corrected chi connectivity index (χ0v) is 14.4. The van der Waals surface area contributed by atoms with Crippen LogP contribution in [0.25, 0.3) is 6.08 Å². The molecular weight excluding hydrogens is 368 g/mol. The average molecular weight is 382 g/mol. The molecule has 0 radical (unpaired) electrons. The van der Waals surface area contributed by atoms with Crippen LogP contribution in [0.5, 0.6) is 11.5 Å². The topological polar surface area (TPSA) is 35.5 Å². The van der Waals surface area contributed by atoms with E-state index in [1.165, 1.54) is 6.08 Å². The van der Waals surface area contributed by atoms with Crippen LogP contribution in [0, 0.1) is 0 Å². The van der Waals surface area contributed by atoms with Crippen molar-refractivity contribution >= 4 is 39.4 Å². The fourth-order valence-electron chi connectivity index (χ4n) is 1.90. The molecule has 0 saturated carbocycles. The Balaban J connectivity index is 2.28. The molecule has 0 N–H and O–H groups in total. The number of halogens is 2. The predicted octanol–water partition coefficient (Wildman–Crippen LogP) is 5.02. The van der Waals surface area contributed by atoms with E-state index in [4.69, 9.17) is 21.1 Å². The lowest BCUT2D eigenvalue weighted by Crippen LogP contribution is -1.94. The lowest BCUT2D eigenvalue weighted by atomic mass is 10.1. The molecule has 5 heteroatoms. The van der Waals surface area contributed by atoms with Crippen LogP contribution in [0.1, 0.15) is 15.9 Å². The molecule has 0 saturated heterocycles. The first kappa shape index (κ1) is 16.6. The van der Waals surface area contributed by atoms with Crippen molar-refractivity contribution in [3.05, 3.63) is 63.1 Å². The zero-order chi connectivity index (χ0) is 16.1. The smallest absolute Gasteiger partial charge is 0.185 e. The third-order valence-corrected chi connectivity index (χ3v) is 3.95. The van der Waals surface area contributed by atoms with Gasteiger partial charge in [0, 0.05) is 15.1 Å². The van der Waals surface area contributed by atoms with Gasteiger partial charge in [-0.3, -0.25) is 4.79 Å². The third-order valence-electron chi connectivity index (χ3n) is 3.03. The van der Waals surface area contributed by atoms with Crippen LogP contribution < -0.4 is 9.47 Å². The fourth-order valence-corrected chi connectivity index (χ4v) is 2.55. The summed E-state index contributed by atoms with van der Waals surface area (Å²) in [6.45, 7) is 0. The van der Waals surface area contributed by atoms with Gasteiger partial charge in [0.05, 0.1) is 14.2 Å². The van der Waals surface area contributed by atoms with Crippen LogP contribution in [-0.4, -0.2) is 20.0 Å². The second-order valence-corrected chi connectivity index (χ2v) is 5.73. The third kappa shape index (κ3) is 3.90. The SMILES string of the molecule is COc1cc(Br)c(/C=C/C(=O)c2cccc(Cl)c2)cc1OC. The molecule has 0 atom stereocenters. The molecule has 0 aliphatic carbocycles. The van der Waals surface area contributed by atoms with Gasteiger partial charge in [0.1, 0.15) is 0 Å². The van der Waals surface area contributed by atoms with Gasteiger partial charge in [-0.15, -0.1) is 0 Å². The van der Waals surface area contributed by atoms with Crippen molar-refractivity contribution in [3.8, 4) is 11.5 Å². The quantitative estimate of drug-likeness (QED) is 0.539. The number of ether oxygens (including phenoxy) is 2. The van der Waals surface area contributed by atoms with Gasteiger partial charge < -0.3 is 9.47 Å². The molecule has 22 heavy (non-hydrogen) atoms. The summed E-state index contributed by atoms with van der Waals surface area (Å²) in [5.74, 6) is 1.09. The first-order valence-electron chi connectivity index (χ1n) is 6.44. The second kappa shape index (κ2) is 7.47. The van der Waals surface area contributed by atoms with Crippen molar-refractivity contribution in [3.63, 3.8) is 0 Å². The number of ketones is 1. The molecule has 2 aromatic carbocycles. The Morgan fingerprint density at radius 1 is 1.14 bits per heavy atom. The number of hydrogen-bond donors (Lipinski definition) is 0. The van der Waals surface area contributed by atoms with Gasteiger partial charge in [0.2, 0.25) is 0 Å². The van der Waals surface area contributed by atoms with E-state index in [-0.39, 0.29) is 5.78 Å². The first-order valence-corrected chi connectivity index (χ1v) is 7.61. The molecule has 114 valence electrons. The van der Waals surface area contributed by atoms with Crippen molar-refractivity contribution in [2.45, 2.75) is 0 Å². The van der Waals surface area contributed by atoms with Crippen molar-refractivity contribution in [2.75, 3.05) is 14.2 Å². The van der Waals surface area contributed by atoms with Crippen LogP contribution in [0.3, 0.4) is 0 Å². The van der Waals surface area contributed by atoms with Crippen LogP contribution >= 0.6 is 27.5 Å². The van der Waals surface area contributed by atoms with Crippen molar-refractivity contribution in [1.29, 1.82) is 0 Å². The van der Waals surface area contributed by atoms with E-state index in [9.17, 15) is 4.79 Å². The lowest BCUT2D eigenvalue weighted by Gasteiger charge is -2.09. The Kier molecular flexibility index (Phi) is 5.63. The summed E-state index contributed by atoms with van der Waals surface area (Å²) in [5, 5.41) is 0.534. The molecule has 0 heterocycles. The molecule has 0 spiro atoms. The molecule has 3 nitrogen and oxygen atoms in total. The molecule has 0 amide bonds. The second-order valence-electron chi connectivity index (χ2n) is 4.44. The van der Waals surface area contributed by atoms with Gasteiger partial charge in [-0.25, -0.2) is 0 Å². The highest BCUT2D eigenvalue weighted by Crippen LogP contribution is 2.33.